The van der Waals surface area contributed by atoms with Gasteiger partial charge >= 0.3 is 0 Å². The van der Waals surface area contributed by atoms with Crippen LogP contribution in [-0.4, -0.2) is 12.6 Å². The molecule has 0 amide bonds. The van der Waals surface area contributed by atoms with Crippen molar-refractivity contribution >= 4 is 0 Å². The van der Waals surface area contributed by atoms with E-state index in [1.165, 1.54) is 30.4 Å². The van der Waals surface area contributed by atoms with E-state index in [0.717, 1.165) is 6.54 Å². The Bertz CT molecular complexity index is 403. The van der Waals surface area contributed by atoms with Crippen LogP contribution in [0.25, 0.3) is 0 Å². The Hall–Kier alpha value is -0.820. The van der Waals surface area contributed by atoms with Crippen LogP contribution in [0.5, 0.6) is 0 Å². The van der Waals surface area contributed by atoms with E-state index in [-0.39, 0.29) is 5.41 Å². The highest BCUT2D eigenvalue weighted by Gasteiger charge is 2.22. The van der Waals surface area contributed by atoms with E-state index in [1.807, 2.05) is 0 Å². The van der Waals surface area contributed by atoms with Gasteiger partial charge in [-0.25, -0.2) is 0 Å². The molecule has 1 aromatic carbocycles. The first kappa shape index (κ1) is 18.2. The van der Waals surface area contributed by atoms with Gasteiger partial charge in [0.05, 0.1) is 0 Å². The van der Waals surface area contributed by atoms with Crippen LogP contribution < -0.4 is 5.32 Å². The summed E-state index contributed by atoms with van der Waals surface area (Å²) in [6.07, 6.45) is 3.69. The van der Waals surface area contributed by atoms with Crippen molar-refractivity contribution in [2.75, 3.05) is 6.54 Å². The molecule has 120 valence electrons. The monoisotopic (exact) mass is 289 g/mol. The Labute approximate surface area is 132 Å². The highest BCUT2D eigenvalue weighted by Crippen LogP contribution is 2.25. The average molecular weight is 290 g/mol. The van der Waals surface area contributed by atoms with Crippen molar-refractivity contribution in [2.45, 2.75) is 79.2 Å². The summed E-state index contributed by atoms with van der Waals surface area (Å²) in [7, 11) is 0. The zero-order valence-electron chi connectivity index (χ0n) is 15.2. The maximum absolute atomic E-state index is 3.64. The van der Waals surface area contributed by atoms with Gasteiger partial charge in [0.25, 0.3) is 0 Å². The van der Waals surface area contributed by atoms with Gasteiger partial charge in [0.2, 0.25) is 0 Å². The lowest BCUT2D eigenvalue weighted by molar-refractivity contribution is 0.254. The van der Waals surface area contributed by atoms with Crippen LogP contribution in [0.2, 0.25) is 0 Å². The largest absolute Gasteiger partial charge is 0.314 e. The normalized spacial score (nSPS) is 14.2. The molecule has 0 aliphatic rings. The van der Waals surface area contributed by atoms with Crippen LogP contribution in [0.15, 0.2) is 24.3 Å². The van der Waals surface area contributed by atoms with Gasteiger partial charge < -0.3 is 5.32 Å². The summed E-state index contributed by atoms with van der Waals surface area (Å²) >= 11 is 0. The van der Waals surface area contributed by atoms with Crippen LogP contribution in [0.3, 0.4) is 0 Å². The van der Waals surface area contributed by atoms with E-state index in [1.54, 1.807) is 0 Å². The number of hydrogen-bond acceptors (Lipinski definition) is 1. The molecule has 1 N–H and O–H groups in total. The molecular formula is C20H35N. The molecule has 0 saturated heterocycles. The Morgan fingerprint density at radius 2 is 1.52 bits per heavy atom. The topological polar surface area (TPSA) is 12.0 Å². The van der Waals surface area contributed by atoms with E-state index in [2.05, 4.69) is 78.0 Å². The first-order valence-electron chi connectivity index (χ1n) is 8.47. The second-order valence-electron chi connectivity index (χ2n) is 8.32. The average Bonchev–Trinajstić information content (AvgIpc) is 2.36. The minimum Gasteiger partial charge on any atom is -0.314 e. The van der Waals surface area contributed by atoms with E-state index in [9.17, 15) is 0 Å². The minimum absolute atomic E-state index is 0.251. The molecule has 0 saturated carbocycles. The molecule has 1 atom stereocenters. The van der Waals surface area contributed by atoms with Crippen LogP contribution in [0, 0.1) is 5.41 Å². The lowest BCUT2D eigenvalue weighted by Gasteiger charge is -2.31. The van der Waals surface area contributed by atoms with Crippen molar-refractivity contribution < 1.29 is 0 Å². The molecule has 1 rings (SSSR count). The zero-order valence-corrected chi connectivity index (χ0v) is 15.2. The molecule has 0 heterocycles. The third-order valence-electron chi connectivity index (χ3n) is 4.27. The number of rotatable bonds is 6. The Morgan fingerprint density at radius 1 is 0.952 bits per heavy atom. The van der Waals surface area contributed by atoms with Crippen molar-refractivity contribution in [3.63, 3.8) is 0 Å². The van der Waals surface area contributed by atoms with Gasteiger partial charge in [0, 0.05) is 6.04 Å². The third kappa shape index (κ3) is 6.22. The number of hydrogen-bond donors (Lipinski definition) is 1. The van der Waals surface area contributed by atoms with E-state index in [0.29, 0.717) is 11.5 Å². The molecule has 21 heavy (non-hydrogen) atoms. The van der Waals surface area contributed by atoms with E-state index >= 15 is 0 Å². The second-order valence-corrected chi connectivity index (χ2v) is 8.32. The highest BCUT2D eigenvalue weighted by molar-refractivity contribution is 5.27. The van der Waals surface area contributed by atoms with Crippen molar-refractivity contribution in [2.24, 2.45) is 5.41 Å². The number of nitrogens with one attached hydrogen (secondary N) is 1. The molecule has 0 fully saturated rings. The summed E-state index contributed by atoms with van der Waals surface area (Å²) in [5.41, 5.74) is 3.48. The Balaban J connectivity index is 2.52. The highest BCUT2D eigenvalue weighted by atomic mass is 14.9. The lowest BCUT2D eigenvalue weighted by atomic mass is 9.83. The van der Waals surface area contributed by atoms with Gasteiger partial charge in [-0.1, -0.05) is 72.7 Å². The fourth-order valence-electron chi connectivity index (χ4n) is 2.77. The summed E-state index contributed by atoms with van der Waals surface area (Å²) in [6, 6.07) is 9.80. The molecule has 1 unspecified atom stereocenters. The van der Waals surface area contributed by atoms with Gasteiger partial charge in [-0.15, -0.1) is 0 Å². The summed E-state index contributed by atoms with van der Waals surface area (Å²) in [6.45, 7) is 17.1. The maximum Gasteiger partial charge on any atom is 0.0116 e. The molecular weight excluding hydrogens is 254 g/mol. The smallest absolute Gasteiger partial charge is 0.0116 e. The Morgan fingerprint density at radius 3 is 1.95 bits per heavy atom. The number of aryl methyl sites for hydroxylation is 1. The first-order chi connectivity index (χ1) is 9.64. The predicted octanol–water partition coefficient (Wildman–Crippen LogP) is 5.33. The van der Waals surface area contributed by atoms with Gasteiger partial charge in [-0.2, -0.15) is 0 Å². The van der Waals surface area contributed by atoms with Crippen molar-refractivity contribution in [3.8, 4) is 0 Å². The first-order valence-corrected chi connectivity index (χ1v) is 8.47. The summed E-state index contributed by atoms with van der Waals surface area (Å²) in [5, 5.41) is 3.64. The lowest BCUT2D eigenvalue weighted by Crippen LogP contribution is -2.40. The predicted molar refractivity (Wildman–Crippen MR) is 95.0 cm³/mol. The van der Waals surface area contributed by atoms with Gasteiger partial charge in [0.15, 0.2) is 0 Å². The molecule has 1 nitrogen and oxygen atoms in total. The third-order valence-corrected chi connectivity index (χ3v) is 4.27. The summed E-state index contributed by atoms with van der Waals surface area (Å²) in [5.74, 6) is 0. The molecule has 0 aliphatic carbocycles. The number of benzene rings is 1. The van der Waals surface area contributed by atoms with Gasteiger partial charge in [-0.05, 0) is 47.8 Å². The molecule has 0 bridgehead atoms. The van der Waals surface area contributed by atoms with Crippen molar-refractivity contribution in [3.05, 3.63) is 35.4 Å². The fourth-order valence-corrected chi connectivity index (χ4v) is 2.77. The quantitative estimate of drug-likeness (QED) is 0.746. The molecule has 1 aromatic rings. The summed E-state index contributed by atoms with van der Waals surface area (Å²) in [4.78, 5) is 0. The SMILES string of the molecule is CCNC(CCCc1ccc(C(C)(C)C)cc1)C(C)(C)C. The zero-order chi connectivity index (χ0) is 16.1. The molecule has 0 spiro atoms. The summed E-state index contributed by atoms with van der Waals surface area (Å²) < 4.78 is 0. The molecule has 0 radical (unpaired) electrons. The van der Waals surface area contributed by atoms with E-state index < -0.39 is 0 Å². The van der Waals surface area contributed by atoms with Crippen LogP contribution in [0.4, 0.5) is 0 Å². The van der Waals surface area contributed by atoms with Crippen molar-refractivity contribution in [1.29, 1.82) is 0 Å². The van der Waals surface area contributed by atoms with Gasteiger partial charge in [-0.3, -0.25) is 0 Å². The standard InChI is InChI=1S/C20H35N/c1-8-21-18(20(5,6)7)11-9-10-16-12-14-17(15-13-16)19(2,3)4/h12-15,18,21H,8-11H2,1-7H3. The molecule has 0 aliphatic heterocycles. The molecule has 1 heteroatoms. The van der Waals surface area contributed by atoms with Crippen LogP contribution >= 0.6 is 0 Å². The fraction of sp³-hybridized carbons (Fsp3) is 0.700. The maximum atomic E-state index is 3.64. The molecule has 0 aromatic heterocycles. The van der Waals surface area contributed by atoms with E-state index in [4.69, 9.17) is 0 Å². The van der Waals surface area contributed by atoms with Crippen LogP contribution in [-0.2, 0) is 11.8 Å². The second kappa shape index (κ2) is 7.45. The minimum atomic E-state index is 0.251. The Kier molecular flexibility index (Phi) is 6.46. The van der Waals surface area contributed by atoms with Crippen LogP contribution in [0.1, 0.15) is 72.4 Å². The van der Waals surface area contributed by atoms with Crippen molar-refractivity contribution in [1.82, 2.24) is 5.32 Å². The van der Waals surface area contributed by atoms with Gasteiger partial charge in [0.1, 0.15) is 0 Å².